The molecule has 2 heterocycles. The van der Waals surface area contributed by atoms with E-state index in [9.17, 15) is 4.79 Å². The first-order valence-corrected chi connectivity index (χ1v) is 10.1. The second kappa shape index (κ2) is 9.41. The number of nitrogens with one attached hydrogen (secondary N) is 1. The highest BCUT2D eigenvalue weighted by atomic mass is 32.2. The van der Waals surface area contributed by atoms with Crippen molar-refractivity contribution in [3.8, 4) is 11.6 Å². The summed E-state index contributed by atoms with van der Waals surface area (Å²) in [6, 6.07) is 9.91. The van der Waals surface area contributed by atoms with Crippen LogP contribution in [0.4, 0.5) is 0 Å². The number of benzene rings is 1. The molecule has 0 unspecified atom stereocenters. The standard InChI is InChI=1S/C21H24N4O2S/c1-4-27-20-17(8-6-10-22-20)13-24-19(26)14-28-21-23-11-12-25(21)18-9-5-7-15(2)16(18)3/h5-12H,4,13-14H2,1-3H3,(H,24,26). The molecule has 0 spiro atoms. The predicted octanol–water partition coefficient (Wildman–Crippen LogP) is 3.69. The van der Waals surface area contributed by atoms with Gasteiger partial charge >= 0.3 is 0 Å². The Morgan fingerprint density at radius 3 is 2.86 bits per heavy atom. The van der Waals surface area contributed by atoms with Crippen molar-refractivity contribution in [3.63, 3.8) is 0 Å². The fourth-order valence-corrected chi connectivity index (χ4v) is 3.57. The van der Waals surface area contributed by atoms with E-state index in [2.05, 4.69) is 41.3 Å². The van der Waals surface area contributed by atoms with Gasteiger partial charge in [0, 0.05) is 30.7 Å². The Morgan fingerprint density at radius 2 is 2.04 bits per heavy atom. The number of aryl methyl sites for hydroxylation is 1. The number of thioether (sulfide) groups is 1. The maximum absolute atomic E-state index is 12.3. The molecule has 28 heavy (non-hydrogen) atoms. The molecular weight excluding hydrogens is 372 g/mol. The zero-order valence-electron chi connectivity index (χ0n) is 16.3. The van der Waals surface area contributed by atoms with Gasteiger partial charge in [0.25, 0.3) is 0 Å². The van der Waals surface area contributed by atoms with Crippen LogP contribution in [0.25, 0.3) is 5.69 Å². The molecule has 0 aliphatic rings. The summed E-state index contributed by atoms with van der Waals surface area (Å²) in [4.78, 5) is 20.9. The molecule has 0 saturated carbocycles. The minimum absolute atomic E-state index is 0.0631. The zero-order chi connectivity index (χ0) is 19.9. The highest BCUT2D eigenvalue weighted by Gasteiger charge is 2.12. The maximum Gasteiger partial charge on any atom is 0.230 e. The number of hydrogen-bond acceptors (Lipinski definition) is 5. The summed E-state index contributed by atoms with van der Waals surface area (Å²) in [5.74, 6) is 0.779. The van der Waals surface area contributed by atoms with Crippen molar-refractivity contribution in [3.05, 3.63) is 65.6 Å². The molecule has 3 rings (SSSR count). The van der Waals surface area contributed by atoms with Gasteiger partial charge in [-0.1, -0.05) is 30.0 Å². The van der Waals surface area contributed by atoms with Crippen LogP contribution in [0.1, 0.15) is 23.6 Å². The third kappa shape index (κ3) is 4.72. The SMILES string of the molecule is CCOc1ncccc1CNC(=O)CSc1nccn1-c1cccc(C)c1C. The molecule has 3 aromatic rings. The second-order valence-electron chi connectivity index (χ2n) is 6.26. The van der Waals surface area contributed by atoms with Crippen LogP contribution in [-0.4, -0.2) is 32.8 Å². The van der Waals surface area contributed by atoms with Crippen molar-refractivity contribution in [1.82, 2.24) is 19.9 Å². The number of imidazole rings is 1. The van der Waals surface area contributed by atoms with Gasteiger partial charge in [-0.2, -0.15) is 0 Å². The van der Waals surface area contributed by atoms with E-state index in [1.807, 2.05) is 35.9 Å². The van der Waals surface area contributed by atoms with Crippen molar-refractivity contribution < 1.29 is 9.53 Å². The van der Waals surface area contributed by atoms with Gasteiger partial charge in [0.2, 0.25) is 11.8 Å². The lowest BCUT2D eigenvalue weighted by Crippen LogP contribution is -2.25. The molecule has 146 valence electrons. The van der Waals surface area contributed by atoms with Gasteiger partial charge in [-0.15, -0.1) is 0 Å². The lowest BCUT2D eigenvalue weighted by atomic mass is 10.1. The molecule has 7 heteroatoms. The van der Waals surface area contributed by atoms with Gasteiger partial charge in [-0.25, -0.2) is 9.97 Å². The predicted molar refractivity (Wildman–Crippen MR) is 111 cm³/mol. The minimum atomic E-state index is -0.0631. The average molecular weight is 397 g/mol. The van der Waals surface area contributed by atoms with Gasteiger partial charge in [0.05, 0.1) is 18.0 Å². The topological polar surface area (TPSA) is 69.0 Å². The van der Waals surface area contributed by atoms with Gasteiger partial charge in [0.1, 0.15) is 0 Å². The minimum Gasteiger partial charge on any atom is -0.478 e. The number of nitrogens with zero attached hydrogens (tertiary/aromatic N) is 3. The van der Waals surface area contributed by atoms with Crippen LogP contribution in [0.5, 0.6) is 5.88 Å². The zero-order valence-corrected chi connectivity index (χ0v) is 17.1. The molecule has 2 aromatic heterocycles. The van der Waals surface area contributed by atoms with Crippen LogP contribution in [-0.2, 0) is 11.3 Å². The number of amides is 1. The third-order valence-corrected chi connectivity index (χ3v) is 5.35. The van der Waals surface area contributed by atoms with Gasteiger partial charge in [-0.3, -0.25) is 9.36 Å². The lowest BCUT2D eigenvalue weighted by molar-refractivity contribution is -0.118. The smallest absolute Gasteiger partial charge is 0.230 e. The fraction of sp³-hybridized carbons (Fsp3) is 0.286. The Bertz CT molecular complexity index is 955. The Morgan fingerprint density at radius 1 is 1.18 bits per heavy atom. The number of hydrogen-bond donors (Lipinski definition) is 1. The highest BCUT2D eigenvalue weighted by molar-refractivity contribution is 7.99. The van der Waals surface area contributed by atoms with Crippen molar-refractivity contribution >= 4 is 17.7 Å². The van der Waals surface area contributed by atoms with E-state index >= 15 is 0 Å². The van der Waals surface area contributed by atoms with E-state index < -0.39 is 0 Å². The van der Waals surface area contributed by atoms with Gasteiger partial charge in [0.15, 0.2) is 5.16 Å². The molecule has 0 bridgehead atoms. The number of carbonyl (C=O) groups excluding carboxylic acids is 1. The first-order valence-electron chi connectivity index (χ1n) is 9.16. The van der Waals surface area contributed by atoms with Crippen LogP contribution in [0.15, 0.2) is 54.1 Å². The molecule has 1 amide bonds. The molecule has 0 saturated heterocycles. The molecule has 0 aliphatic carbocycles. The maximum atomic E-state index is 12.3. The molecule has 1 N–H and O–H groups in total. The largest absolute Gasteiger partial charge is 0.478 e. The Kier molecular flexibility index (Phi) is 6.71. The molecular formula is C21H24N4O2S. The molecule has 0 radical (unpaired) electrons. The monoisotopic (exact) mass is 396 g/mol. The quantitative estimate of drug-likeness (QED) is 0.588. The molecule has 6 nitrogen and oxygen atoms in total. The van der Waals surface area contributed by atoms with Crippen LogP contribution in [0, 0.1) is 13.8 Å². The van der Waals surface area contributed by atoms with Gasteiger partial charge in [-0.05, 0) is 44.0 Å². The molecule has 1 aromatic carbocycles. The van der Waals surface area contributed by atoms with Gasteiger partial charge < -0.3 is 10.1 Å². The number of ether oxygens (including phenoxy) is 1. The van der Waals surface area contributed by atoms with Crippen LogP contribution in [0.3, 0.4) is 0 Å². The molecule has 0 aliphatic heterocycles. The van der Waals surface area contributed by atoms with E-state index in [1.54, 1.807) is 12.4 Å². The fourth-order valence-electron chi connectivity index (χ4n) is 2.78. The van der Waals surface area contributed by atoms with E-state index in [-0.39, 0.29) is 11.7 Å². The van der Waals surface area contributed by atoms with Crippen molar-refractivity contribution in [1.29, 1.82) is 0 Å². The Hall–Kier alpha value is -2.80. The number of pyridine rings is 1. The lowest BCUT2D eigenvalue weighted by Gasteiger charge is -2.12. The molecule has 0 fully saturated rings. The number of carbonyl (C=O) groups is 1. The third-order valence-electron chi connectivity index (χ3n) is 4.38. The normalized spacial score (nSPS) is 10.7. The van der Waals surface area contributed by atoms with E-state index in [4.69, 9.17) is 4.74 Å². The van der Waals surface area contributed by atoms with Crippen molar-refractivity contribution in [2.75, 3.05) is 12.4 Å². The van der Waals surface area contributed by atoms with Crippen LogP contribution >= 0.6 is 11.8 Å². The summed E-state index contributed by atoms with van der Waals surface area (Å²) in [5.41, 5.74) is 4.37. The highest BCUT2D eigenvalue weighted by Crippen LogP contribution is 2.24. The average Bonchev–Trinajstić information content (AvgIpc) is 3.16. The van der Waals surface area contributed by atoms with E-state index in [0.717, 1.165) is 16.4 Å². The van der Waals surface area contributed by atoms with E-state index in [1.165, 1.54) is 22.9 Å². The van der Waals surface area contributed by atoms with Crippen molar-refractivity contribution in [2.24, 2.45) is 0 Å². The number of rotatable bonds is 8. The summed E-state index contributed by atoms with van der Waals surface area (Å²) in [5, 5.41) is 3.72. The first-order chi connectivity index (χ1) is 13.6. The Labute approximate surface area is 169 Å². The van der Waals surface area contributed by atoms with Crippen molar-refractivity contribution in [2.45, 2.75) is 32.5 Å². The Balaban J connectivity index is 1.61. The van der Waals surface area contributed by atoms with Crippen LogP contribution in [0.2, 0.25) is 0 Å². The van der Waals surface area contributed by atoms with Crippen LogP contribution < -0.4 is 10.1 Å². The second-order valence-corrected chi connectivity index (χ2v) is 7.21. The summed E-state index contributed by atoms with van der Waals surface area (Å²) >= 11 is 1.41. The summed E-state index contributed by atoms with van der Waals surface area (Å²) in [6.07, 6.45) is 5.36. The summed E-state index contributed by atoms with van der Waals surface area (Å²) < 4.78 is 7.52. The van der Waals surface area contributed by atoms with E-state index in [0.29, 0.717) is 19.0 Å². The first kappa shape index (κ1) is 19.9. The summed E-state index contributed by atoms with van der Waals surface area (Å²) in [6.45, 7) is 7.01. The number of aromatic nitrogens is 3. The summed E-state index contributed by atoms with van der Waals surface area (Å²) in [7, 11) is 0. The molecule has 0 atom stereocenters.